The predicted octanol–water partition coefficient (Wildman–Crippen LogP) is 4.32. The monoisotopic (exact) mass is 531 g/mol. The van der Waals surface area contributed by atoms with Gasteiger partial charge in [0.15, 0.2) is 0 Å². The van der Waals surface area contributed by atoms with Crippen molar-refractivity contribution >= 4 is 25.8 Å². The largest absolute Gasteiger partial charge is 0.465 e. The van der Waals surface area contributed by atoms with Gasteiger partial charge in [0.1, 0.15) is 12.5 Å². The third kappa shape index (κ3) is 6.39. The minimum Gasteiger partial charge on any atom is -0.465 e. The lowest BCUT2D eigenvalue weighted by molar-refractivity contribution is -0.119. The van der Waals surface area contributed by atoms with Crippen LogP contribution >= 0.6 is 0 Å². The molecular formula is C26H38FN5O4Si. The molecule has 2 aliphatic rings. The highest BCUT2D eigenvalue weighted by Crippen LogP contribution is 2.35. The second-order valence-electron chi connectivity index (χ2n) is 11.5. The standard InChI is InChI=1S/C26H38FN5O4Si/c1-17-12-21-22(28-25(17)33)7-6-20(23(21)27)24-19(14-30-8-9-32(26(34)35)18(2)13-30)15-31(29-24)16-36-10-11-37(3,4)5/h6-7,15,17-18H,8-14,16H2,1-5H3,(H,28,33)(H,34,35)/t17?,18-/m1/s1. The number of amides is 2. The molecule has 4 rings (SSSR count). The summed E-state index contributed by atoms with van der Waals surface area (Å²) in [5.74, 6) is -0.768. The van der Waals surface area contributed by atoms with Gasteiger partial charge in [-0.25, -0.2) is 13.9 Å². The highest BCUT2D eigenvalue weighted by Gasteiger charge is 2.30. The highest BCUT2D eigenvalue weighted by atomic mass is 28.3. The lowest BCUT2D eigenvalue weighted by Gasteiger charge is -2.38. The van der Waals surface area contributed by atoms with E-state index in [1.54, 1.807) is 23.7 Å². The molecule has 1 aromatic heterocycles. The first-order valence-electron chi connectivity index (χ1n) is 12.9. The van der Waals surface area contributed by atoms with Gasteiger partial charge >= 0.3 is 6.09 Å². The van der Waals surface area contributed by atoms with Crippen LogP contribution in [0.4, 0.5) is 14.9 Å². The maximum Gasteiger partial charge on any atom is 0.407 e. The van der Waals surface area contributed by atoms with E-state index in [9.17, 15) is 14.7 Å². The third-order valence-corrected chi connectivity index (χ3v) is 8.83. The van der Waals surface area contributed by atoms with Gasteiger partial charge in [0, 0.05) is 81.4 Å². The number of rotatable bonds is 8. The van der Waals surface area contributed by atoms with E-state index in [-0.39, 0.29) is 30.4 Å². The van der Waals surface area contributed by atoms with Crippen molar-refractivity contribution in [2.45, 2.75) is 65.3 Å². The summed E-state index contributed by atoms with van der Waals surface area (Å²) in [6.07, 6.45) is 1.33. The van der Waals surface area contributed by atoms with Crippen molar-refractivity contribution in [3.8, 4) is 11.3 Å². The second-order valence-corrected chi connectivity index (χ2v) is 17.1. The van der Waals surface area contributed by atoms with Crippen LogP contribution in [-0.4, -0.2) is 77.0 Å². The van der Waals surface area contributed by atoms with Gasteiger partial charge in [-0.2, -0.15) is 5.10 Å². The van der Waals surface area contributed by atoms with Crippen molar-refractivity contribution in [3.05, 3.63) is 35.3 Å². The zero-order chi connectivity index (χ0) is 26.9. The number of hydrogen-bond acceptors (Lipinski definition) is 5. The SMILES string of the molecule is CC1Cc2c(ccc(-c3nn(COCC[Si](C)(C)C)cc3CN3CCN(C(=O)O)[C@H](C)C3)c2F)NC1=O. The summed E-state index contributed by atoms with van der Waals surface area (Å²) in [5.41, 5.74) is 2.82. The molecule has 2 amide bonds. The molecule has 0 saturated carbocycles. The van der Waals surface area contributed by atoms with Crippen LogP contribution in [0.5, 0.6) is 0 Å². The van der Waals surface area contributed by atoms with Gasteiger partial charge < -0.3 is 20.1 Å². The molecule has 202 valence electrons. The number of piperazine rings is 1. The molecule has 1 saturated heterocycles. The molecule has 0 radical (unpaired) electrons. The number of carbonyl (C=O) groups excluding carboxylic acids is 1. The molecule has 1 fully saturated rings. The second kappa shape index (κ2) is 10.9. The molecule has 0 spiro atoms. The number of halogens is 1. The first-order valence-corrected chi connectivity index (χ1v) is 16.6. The van der Waals surface area contributed by atoms with Crippen LogP contribution in [0.2, 0.25) is 25.7 Å². The zero-order valence-corrected chi connectivity index (χ0v) is 23.4. The Morgan fingerprint density at radius 2 is 2.03 bits per heavy atom. The maximum absolute atomic E-state index is 15.8. The number of nitrogens with zero attached hydrogens (tertiary/aromatic N) is 4. The molecule has 1 aromatic carbocycles. The van der Waals surface area contributed by atoms with Crippen LogP contribution in [0.1, 0.15) is 25.0 Å². The smallest absolute Gasteiger partial charge is 0.407 e. The van der Waals surface area contributed by atoms with Gasteiger partial charge in [-0.15, -0.1) is 0 Å². The van der Waals surface area contributed by atoms with Crippen molar-refractivity contribution in [2.75, 3.05) is 31.6 Å². The Morgan fingerprint density at radius 3 is 2.70 bits per heavy atom. The molecule has 2 atom stereocenters. The summed E-state index contributed by atoms with van der Waals surface area (Å²) in [4.78, 5) is 27.2. The molecule has 0 bridgehead atoms. The number of fused-ring (bicyclic) bond motifs is 1. The van der Waals surface area contributed by atoms with Gasteiger partial charge in [0.25, 0.3) is 0 Å². The van der Waals surface area contributed by atoms with Crippen LogP contribution in [0.3, 0.4) is 0 Å². The van der Waals surface area contributed by atoms with E-state index in [1.165, 1.54) is 4.90 Å². The number of carbonyl (C=O) groups is 2. The van der Waals surface area contributed by atoms with Gasteiger partial charge in [0.2, 0.25) is 5.91 Å². The summed E-state index contributed by atoms with van der Waals surface area (Å²) < 4.78 is 23.5. The number of carboxylic acid groups (broad SMARTS) is 1. The Labute approximate surface area is 218 Å². The fraction of sp³-hybridized carbons (Fsp3) is 0.577. The average molecular weight is 532 g/mol. The van der Waals surface area contributed by atoms with Crippen molar-refractivity contribution in [1.82, 2.24) is 19.6 Å². The van der Waals surface area contributed by atoms with Crippen LogP contribution in [0.25, 0.3) is 11.3 Å². The molecule has 3 heterocycles. The van der Waals surface area contributed by atoms with Crippen LogP contribution in [0, 0.1) is 11.7 Å². The molecule has 1 unspecified atom stereocenters. The molecule has 37 heavy (non-hydrogen) atoms. The summed E-state index contributed by atoms with van der Waals surface area (Å²) in [6, 6.07) is 4.33. The minimum absolute atomic E-state index is 0.102. The van der Waals surface area contributed by atoms with E-state index in [0.29, 0.717) is 61.7 Å². The minimum atomic E-state index is -1.22. The molecule has 2 aliphatic heterocycles. The van der Waals surface area contributed by atoms with E-state index in [2.05, 4.69) is 29.9 Å². The summed E-state index contributed by atoms with van der Waals surface area (Å²) in [6.45, 7) is 13.6. The number of aromatic nitrogens is 2. The maximum atomic E-state index is 15.8. The fourth-order valence-electron chi connectivity index (χ4n) is 4.89. The molecule has 2 aromatic rings. The Morgan fingerprint density at radius 1 is 1.27 bits per heavy atom. The first-order chi connectivity index (χ1) is 17.4. The van der Waals surface area contributed by atoms with E-state index < -0.39 is 14.2 Å². The first kappa shape index (κ1) is 27.3. The van der Waals surface area contributed by atoms with Gasteiger partial charge in [-0.1, -0.05) is 26.6 Å². The van der Waals surface area contributed by atoms with E-state index in [0.717, 1.165) is 11.6 Å². The molecule has 11 heteroatoms. The average Bonchev–Trinajstić information content (AvgIpc) is 3.19. The summed E-state index contributed by atoms with van der Waals surface area (Å²) in [5, 5.41) is 16.9. The Hall–Kier alpha value is -2.76. The summed E-state index contributed by atoms with van der Waals surface area (Å²) in [7, 11) is -1.22. The lowest BCUT2D eigenvalue weighted by Crippen LogP contribution is -2.53. The molecular weight excluding hydrogens is 493 g/mol. The highest BCUT2D eigenvalue weighted by molar-refractivity contribution is 6.76. The van der Waals surface area contributed by atoms with Crippen molar-refractivity contribution in [3.63, 3.8) is 0 Å². The van der Waals surface area contributed by atoms with Gasteiger partial charge in [-0.05, 0) is 31.5 Å². The predicted molar refractivity (Wildman–Crippen MR) is 143 cm³/mol. The van der Waals surface area contributed by atoms with Crippen molar-refractivity contribution in [1.29, 1.82) is 0 Å². The Kier molecular flexibility index (Phi) is 8.05. The number of nitrogens with one attached hydrogen (secondary N) is 1. The van der Waals surface area contributed by atoms with E-state index in [4.69, 9.17) is 9.84 Å². The molecule has 9 nitrogen and oxygen atoms in total. The zero-order valence-electron chi connectivity index (χ0n) is 22.4. The van der Waals surface area contributed by atoms with Gasteiger partial charge in [0.05, 0.1) is 5.69 Å². The van der Waals surface area contributed by atoms with Crippen LogP contribution < -0.4 is 5.32 Å². The van der Waals surface area contributed by atoms with Crippen molar-refractivity contribution in [2.24, 2.45) is 5.92 Å². The van der Waals surface area contributed by atoms with E-state index >= 15 is 4.39 Å². The molecule has 0 aliphatic carbocycles. The topological polar surface area (TPSA) is 99.9 Å². The van der Waals surface area contributed by atoms with Crippen LogP contribution in [0.15, 0.2) is 18.3 Å². The lowest BCUT2D eigenvalue weighted by atomic mass is 9.91. The normalized spacial score (nSPS) is 20.6. The fourth-order valence-corrected chi connectivity index (χ4v) is 5.64. The number of anilines is 1. The third-order valence-electron chi connectivity index (χ3n) is 7.12. The van der Waals surface area contributed by atoms with Gasteiger partial charge in [-0.3, -0.25) is 9.69 Å². The molecule has 2 N–H and O–H groups in total. The van der Waals surface area contributed by atoms with Crippen LogP contribution in [-0.2, 0) is 29.2 Å². The quantitative estimate of drug-likeness (QED) is 0.389. The van der Waals surface area contributed by atoms with Crippen molar-refractivity contribution < 1.29 is 23.8 Å². The Balaban J connectivity index is 1.60. The number of ether oxygens (including phenoxy) is 1. The Bertz CT molecular complexity index is 1160. The van der Waals surface area contributed by atoms with E-state index in [1.807, 2.05) is 13.1 Å². The number of benzene rings is 1. The summed E-state index contributed by atoms with van der Waals surface area (Å²) >= 11 is 0. The number of hydrogen-bond donors (Lipinski definition) is 2.